The van der Waals surface area contributed by atoms with Crippen LogP contribution >= 0.6 is 0 Å². The highest BCUT2D eigenvalue weighted by atomic mass is 16.5. The second-order valence-corrected chi connectivity index (χ2v) is 5.24. The summed E-state index contributed by atoms with van der Waals surface area (Å²) in [5.41, 5.74) is 6.28. The molecule has 1 rings (SSSR count). The molecule has 3 heteroatoms. The minimum Gasteiger partial charge on any atom is -0.493 e. The van der Waals surface area contributed by atoms with E-state index >= 15 is 0 Å². The zero-order chi connectivity index (χ0) is 12.9. The van der Waals surface area contributed by atoms with Crippen molar-refractivity contribution in [3.8, 4) is 5.75 Å². The fourth-order valence-electron chi connectivity index (χ4n) is 1.51. The molecule has 3 nitrogen and oxygen atoms in total. The van der Waals surface area contributed by atoms with Crippen molar-refractivity contribution in [3.63, 3.8) is 0 Å². The SMILES string of the molecule is CC(N)Cc1ccc(OCCC(C)(C)O)cc1. The molecule has 0 aliphatic rings. The summed E-state index contributed by atoms with van der Waals surface area (Å²) in [5, 5.41) is 9.55. The Labute approximate surface area is 104 Å². The summed E-state index contributed by atoms with van der Waals surface area (Å²) in [5.74, 6) is 0.836. The Hall–Kier alpha value is -1.06. The summed E-state index contributed by atoms with van der Waals surface area (Å²) in [6, 6.07) is 8.13. The van der Waals surface area contributed by atoms with Crippen LogP contribution in [-0.4, -0.2) is 23.4 Å². The molecule has 0 saturated heterocycles. The molecule has 1 unspecified atom stereocenters. The Balaban J connectivity index is 2.40. The van der Waals surface area contributed by atoms with Crippen LogP contribution in [0.15, 0.2) is 24.3 Å². The number of aliphatic hydroxyl groups is 1. The molecular weight excluding hydrogens is 214 g/mol. The average Bonchev–Trinajstić information content (AvgIpc) is 2.18. The summed E-state index contributed by atoms with van der Waals surface area (Å²) < 4.78 is 5.55. The monoisotopic (exact) mass is 237 g/mol. The zero-order valence-electron chi connectivity index (χ0n) is 10.9. The van der Waals surface area contributed by atoms with Gasteiger partial charge in [-0.2, -0.15) is 0 Å². The van der Waals surface area contributed by atoms with Crippen molar-refractivity contribution in [3.05, 3.63) is 29.8 Å². The van der Waals surface area contributed by atoms with Gasteiger partial charge in [0.2, 0.25) is 0 Å². The number of benzene rings is 1. The normalized spacial score (nSPS) is 13.5. The number of hydrogen-bond donors (Lipinski definition) is 2. The van der Waals surface area contributed by atoms with E-state index in [1.165, 1.54) is 5.56 Å². The summed E-state index contributed by atoms with van der Waals surface area (Å²) in [4.78, 5) is 0. The van der Waals surface area contributed by atoms with Gasteiger partial charge in [0.05, 0.1) is 12.2 Å². The van der Waals surface area contributed by atoms with Crippen LogP contribution in [0.2, 0.25) is 0 Å². The summed E-state index contributed by atoms with van der Waals surface area (Å²) in [6.07, 6.45) is 1.50. The summed E-state index contributed by atoms with van der Waals surface area (Å²) in [6.45, 7) is 6.08. The molecule has 0 aliphatic carbocycles. The van der Waals surface area contributed by atoms with Gasteiger partial charge in [-0.1, -0.05) is 12.1 Å². The lowest BCUT2D eigenvalue weighted by atomic mass is 10.1. The molecule has 0 saturated carbocycles. The maximum atomic E-state index is 9.55. The first-order valence-corrected chi connectivity index (χ1v) is 6.06. The smallest absolute Gasteiger partial charge is 0.119 e. The van der Waals surface area contributed by atoms with Crippen molar-refractivity contribution in [1.82, 2.24) is 0 Å². The highest BCUT2D eigenvalue weighted by Crippen LogP contribution is 2.15. The predicted octanol–water partition coefficient (Wildman–Crippen LogP) is 2.12. The van der Waals surface area contributed by atoms with E-state index in [2.05, 4.69) is 0 Å². The Morgan fingerprint density at radius 1 is 1.29 bits per heavy atom. The van der Waals surface area contributed by atoms with Gasteiger partial charge in [0, 0.05) is 12.5 Å². The van der Waals surface area contributed by atoms with E-state index in [0.29, 0.717) is 13.0 Å². The van der Waals surface area contributed by atoms with Gasteiger partial charge >= 0.3 is 0 Å². The Morgan fingerprint density at radius 2 is 1.88 bits per heavy atom. The third-order valence-corrected chi connectivity index (χ3v) is 2.46. The Kier molecular flexibility index (Phi) is 4.97. The van der Waals surface area contributed by atoms with Crippen LogP contribution < -0.4 is 10.5 Å². The first-order valence-electron chi connectivity index (χ1n) is 6.06. The van der Waals surface area contributed by atoms with Gasteiger partial charge in [0.25, 0.3) is 0 Å². The van der Waals surface area contributed by atoms with Gasteiger partial charge in [-0.15, -0.1) is 0 Å². The lowest BCUT2D eigenvalue weighted by Gasteiger charge is -2.17. The van der Waals surface area contributed by atoms with Gasteiger partial charge < -0.3 is 15.6 Å². The molecule has 0 heterocycles. The molecule has 17 heavy (non-hydrogen) atoms. The zero-order valence-corrected chi connectivity index (χ0v) is 10.9. The maximum Gasteiger partial charge on any atom is 0.119 e. The number of nitrogens with two attached hydrogens (primary N) is 1. The molecule has 3 N–H and O–H groups in total. The fourth-order valence-corrected chi connectivity index (χ4v) is 1.51. The van der Waals surface area contributed by atoms with Gasteiger partial charge in [-0.3, -0.25) is 0 Å². The fraction of sp³-hybridized carbons (Fsp3) is 0.571. The van der Waals surface area contributed by atoms with Crippen molar-refractivity contribution in [2.45, 2.75) is 45.3 Å². The van der Waals surface area contributed by atoms with Crippen LogP contribution in [0.25, 0.3) is 0 Å². The maximum absolute atomic E-state index is 9.55. The molecule has 1 aromatic carbocycles. The molecule has 0 amide bonds. The standard InChI is InChI=1S/C14H23NO2/c1-11(15)10-12-4-6-13(7-5-12)17-9-8-14(2,3)16/h4-7,11,16H,8-10,15H2,1-3H3. The van der Waals surface area contributed by atoms with Crippen LogP contribution in [0.3, 0.4) is 0 Å². The molecule has 0 spiro atoms. The van der Waals surface area contributed by atoms with E-state index < -0.39 is 5.60 Å². The van der Waals surface area contributed by atoms with Crippen LogP contribution in [0.1, 0.15) is 32.8 Å². The third kappa shape index (κ3) is 6.29. The van der Waals surface area contributed by atoms with Crippen molar-refractivity contribution in [2.24, 2.45) is 5.73 Å². The first kappa shape index (κ1) is 14.0. The molecule has 0 fully saturated rings. The molecule has 1 atom stereocenters. The minimum atomic E-state index is -0.672. The van der Waals surface area contributed by atoms with Crippen LogP contribution in [0, 0.1) is 0 Å². The van der Waals surface area contributed by atoms with E-state index in [1.54, 1.807) is 13.8 Å². The van der Waals surface area contributed by atoms with Crippen molar-refractivity contribution in [2.75, 3.05) is 6.61 Å². The van der Waals surface area contributed by atoms with Crippen LogP contribution in [-0.2, 0) is 6.42 Å². The molecule has 0 bridgehead atoms. The highest BCUT2D eigenvalue weighted by Gasteiger charge is 2.11. The molecule has 0 aliphatic heterocycles. The minimum absolute atomic E-state index is 0.178. The Bertz CT molecular complexity index is 325. The quantitative estimate of drug-likeness (QED) is 0.796. The number of hydrogen-bond acceptors (Lipinski definition) is 3. The first-order chi connectivity index (χ1) is 7.87. The van der Waals surface area contributed by atoms with Gasteiger partial charge in [-0.25, -0.2) is 0 Å². The van der Waals surface area contributed by atoms with Crippen molar-refractivity contribution in [1.29, 1.82) is 0 Å². The highest BCUT2D eigenvalue weighted by molar-refractivity contribution is 5.27. The average molecular weight is 237 g/mol. The number of ether oxygens (including phenoxy) is 1. The Morgan fingerprint density at radius 3 is 2.35 bits per heavy atom. The lowest BCUT2D eigenvalue weighted by Crippen LogP contribution is -2.21. The molecule has 0 radical (unpaired) electrons. The number of rotatable bonds is 6. The molecule has 96 valence electrons. The van der Waals surface area contributed by atoms with E-state index in [9.17, 15) is 5.11 Å². The lowest BCUT2D eigenvalue weighted by molar-refractivity contribution is 0.0553. The summed E-state index contributed by atoms with van der Waals surface area (Å²) in [7, 11) is 0. The van der Waals surface area contributed by atoms with Gasteiger partial charge in [0.1, 0.15) is 5.75 Å². The van der Waals surface area contributed by atoms with Crippen LogP contribution in [0.4, 0.5) is 0 Å². The largest absolute Gasteiger partial charge is 0.493 e. The third-order valence-electron chi connectivity index (χ3n) is 2.46. The van der Waals surface area contributed by atoms with Crippen molar-refractivity contribution >= 4 is 0 Å². The topological polar surface area (TPSA) is 55.5 Å². The predicted molar refractivity (Wildman–Crippen MR) is 70.2 cm³/mol. The van der Waals surface area contributed by atoms with Gasteiger partial charge in [0.15, 0.2) is 0 Å². The van der Waals surface area contributed by atoms with E-state index in [4.69, 9.17) is 10.5 Å². The van der Waals surface area contributed by atoms with Gasteiger partial charge in [-0.05, 0) is 44.9 Å². The summed E-state index contributed by atoms with van der Waals surface area (Å²) >= 11 is 0. The van der Waals surface area contributed by atoms with E-state index in [-0.39, 0.29) is 6.04 Å². The van der Waals surface area contributed by atoms with E-state index in [0.717, 1.165) is 12.2 Å². The molecule has 0 aromatic heterocycles. The second-order valence-electron chi connectivity index (χ2n) is 5.24. The molecular formula is C14H23NO2. The van der Waals surface area contributed by atoms with E-state index in [1.807, 2.05) is 31.2 Å². The molecule has 1 aromatic rings. The van der Waals surface area contributed by atoms with Crippen LogP contribution in [0.5, 0.6) is 5.75 Å². The second kappa shape index (κ2) is 6.03. The van der Waals surface area contributed by atoms with Crippen molar-refractivity contribution < 1.29 is 9.84 Å².